The summed E-state index contributed by atoms with van der Waals surface area (Å²) in [5.41, 5.74) is 0. The van der Waals surface area contributed by atoms with Gasteiger partial charge in [-0.25, -0.2) is 0 Å². The van der Waals surface area contributed by atoms with Crippen molar-refractivity contribution in [1.29, 1.82) is 5.26 Å². The van der Waals surface area contributed by atoms with E-state index in [0.29, 0.717) is 12.3 Å². The Balaban J connectivity index is 3.72. The first-order valence-corrected chi connectivity index (χ1v) is 5.99. The van der Waals surface area contributed by atoms with Crippen LogP contribution >= 0.6 is 0 Å². The van der Waals surface area contributed by atoms with E-state index in [9.17, 15) is 0 Å². The molecule has 0 fully saturated rings. The van der Waals surface area contributed by atoms with Gasteiger partial charge in [-0.05, 0) is 31.6 Å². The summed E-state index contributed by atoms with van der Waals surface area (Å²) in [5.74, 6) is 0.657. The molecule has 0 amide bonds. The predicted molar refractivity (Wildman–Crippen MR) is 66.4 cm³/mol. The van der Waals surface area contributed by atoms with Crippen molar-refractivity contribution in [2.24, 2.45) is 5.92 Å². The molecule has 0 aliphatic heterocycles. The van der Waals surface area contributed by atoms with E-state index in [1.807, 2.05) is 6.08 Å². The Morgan fingerprint density at radius 2 is 2.20 bits per heavy atom. The van der Waals surface area contributed by atoms with Crippen LogP contribution < -0.4 is 0 Å². The van der Waals surface area contributed by atoms with E-state index >= 15 is 0 Å². The fourth-order valence-electron chi connectivity index (χ4n) is 1.56. The van der Waals surface area contributed by atoms with Crippen molar-refractivity contribution in [3.63, 3.8) is 0 Å². The van der Waals surface area contributed by atoms with Gasteiger partial charge in [0.1, 0.15) is 0 Å². The molecule has 0 radical (unpaired) electrons. The summed E-state index contributed by atoms with van der Waals surface area (Å²) in [5, 5.41) is 8.39. The number of allylic oxidation sites excluding steroid dienone is 3. The Labute approximate surface area is 94.5 Å². The maximum Gasteiger partial charge on any atom is 0.0621 e. The molecular weight excluding hydrogens is 182 g/mol. The number of hydrogen-bond acceptors (Lipinski definition) is 1. The zero-order chi connectivity index (χ0) is 11.4. The van der Waals surface area contributed by atoms with Crippen molar-refractivity contribution in [3.8, 4) is 6.07 Å². The van der Waals surface area contributed by atoms with Gasteiger partial charge in [0.2, 0.25) is 0 Å². The van der Waals surface area contributed by atoms with Gasteiger partial charge in [-0.15, -0.1) is 6.58 Å². The first-order chi connectivity index (χ1) is 7.35. The minimum absolute atomic E-state index is 0.657. The van der Waals surface area contributed by atoms with Gasteiger partial charge in [0.05, 0.1) is 6.07 Å². The van der Waals surface area contributed by atoms with Crippen LogP contribution in [0.3, 0.4) is 0 Å². The number of nitriles is 1. The average molecular weight is 205 g/mol. The van der Waals surface area contributed by atoms with Crippen LogP contribution in [0, 0.1) is 17.2 Å². The molecule has 0 saturated carbocycles. The molecule has 0 spiro atoms. The quantitative estimate of drug-likeness (QED) is 0.398. The normalized spacial score (nSPS) is 12.5. The van der Waals surface area contributed by atoms with Crippen molar-refractivity contribution in [2.45, 2.75) is 51.9 Å². The van der Waals surface area contributed by atoms with E-state index < -0.39 is 0 Å². The van der Waals surface area contributed by atoms with E-state index in [4.69, 9.17) is 5.26 Å². The molecule has 0 N–H and O–H groups in total. The van der Waals surface area contributed by atoms with Gasteiger partial charge < -0.3 is 0 Å². The minimum atomic E-state index is 0.657. The van der Waals surface area contributed by atoms with Gasteiger partial charge in [-0.2, -0.15) is 5.26 Å². The number of rotatable bonds is 9. The molecule has 0 saturated heterocycles. The van der Waals surface area contributed by atoms with Gasteiger partial charge in [-0.1, -0.05) is 38.0 Å². The van der Waals surface area contributed by atoms with E-state index in [0.717, 1.165) is 19.3 Å². The van der Waals surface area contributed by atoms with Gasteiger partial charge in [0, 0.05) is 6.42 Å². The lowest BCUT2D eigenvalue weighted by molar-refractivity contribution is 0.559. The zero-order valence-electron chi connectivity index (χ0n) is 9.91. The summed E-state index contributed by atoms with van der Waals surface area (Å²) in [4.78, 5) is 0. The third-order valence-corrected chi connectivity index (χ3v) is 2.47. The second kappa shape index (κ2) is 11.0. The summed E-state index contributed by atoms with van der Waals surface area (Å²) in [6.07, 6.45) is 14.1. The molecule has 0 aromatic rings. The zero-order valence-corrected chi connectivity index (χ0v) is 9.91. The first kappa shape index (κ1) is 14.0. The Kier molecular flexibility index (Phi) is 10.3. The Bertz CT molecular complexity index is 210. The Morgan fingerprint density at radius 1 is 1.40 bits per heavy atom. The highest BCUT2D eigenvalue weighted by Crippen LogP contribution is 2.15. The molecule has 1 unspecified atom stereocenters. The first-order valence-electron chi connectivity index (χ1n) is 5.99. The standard InChI is InChI=1S/C14H23N/c1-3-5-11-14(10-4-2)12-8-6-7-9-13-15/h4,8,12,14H,2-3,5-7,9-11H2,1H3/b12-8-. The predicted octanol–water partition coefficient (Wildman–Crippen LogP) is 4.62. The van der Waals surface area contributed by atoms with Crippen molar-refractivity contribution >= 4 is 0 Å². The summed E-state index contributed by atoms with van der Waals surface area (Å²) in [6.45, 7) is 6.01. The molecule has 0 bridgehead atoms. The van der Waals surface area contributed by atoms with Gasteiger partial charge >= 0.3 is 0 Å². The monoisotopic (exact) mass is 205 g/mol. The highest BCUT2D eigenvalue weighted by atomic mass is 14.2. The summed E-state index contributed by atoms with van der Waals surface area (Å²) >= 11 is 0. The van der Waals surface area contributed by atoms with Crippen LogP contribution in [-0.4, -0.2) is 0 Å². The van der Waals surface area contributed by atoms with Crippen LogP contribution in [-0.2, 0) is 0 Å². The van der Waals surface area contributed by atoms with Crippen LogP contribution in [0.5, 0.6) is 0 Å². The molecule has 84 valence electrons. The SMILES string of the molecule is C=CCC(/C=C\CCCC#N)CCCC. The number of hydrogen-bond donors (Lipinski definition) is 0. The van der Waals surface area contributed by atoms with Crippen LogP contribution in [0.1, 0.15) is 51.9 Å². The average Bonchev–Trinajstić information content (AvgIpc) is 2.25. The molecule has 15 heavy (non-hydrogen) atoms. The minimum Gasteiger partial charge on any atom is -0.198 e. The fraction of sp³-hybridized carbons (Fsp3) is 0.643. The molecule has 0 aromatic heterocycles. The maximum atomic E-state index is 8.39. The molecule has 1 heteroatoms. The van der Waals surface area contributed by atoms with E-state index in [1.165, 1.54) is 19.3 Å². The van der Waals surface area contributed by atoms with Crippen molar-refractivity contribution in [1.82, 2.24) is 0 Å². The second-order valence-corrected chi connectivity index (χ2v) is 3.91. The van der Waals surface area contributed by atoms with Crippen LogP contribution in [0.2, 0.25) is 0 Å². The Morgan fingerprint density at radius 3 is 2.80 bits per heavy atom. The highest BCUT2D eigenvalue weighted by Gasteiger charge is 2.00. The van der Waals surface area contributed by atoms with Crippen molar-refractivity contribution in [2.75, 3.05) is 0 Å². The third kappa shape index (κ3) is 9.28. The van der Waals surface area contributed by atoms with Gasteiger partial charge in [0.25, 0.3) is 0 Å². The molecule has 0 aliphatic rings. The molecule has 1 nitrogen and oxygen atoms in total. The third-order valence-electron chi connectivity index (χ3n) is 2.47. The van der Waals surface area contributed by atoms with E-state index in [2.05, 4.69) is 31.7 Å². The topological polar surface area (TPSA) is 23.8 Å². The summed E-state index contributed by atoms with van der Waals surface area (Å²) in [7, 11) is 0. The summed E-state index contributed by atoms with van der Waals surface area (Å²) in [6, 6.07) is 2.17. The van der Waals surface area contributed by atoms with Gasteiger partial charge in [-0.3, -0.25) is 0 Å². The van der Waals surface area contributed by atoms with Crippen molar-refractivity contribution in [3.05, 3.63) is 24.8 Å². The van der Waals surface area contributed by atoms with E-state index in [1.54, 1.807) is 0 Å². The lowest BCUT2D eigenvalue weighted by Gasteiger charge is -2.08. The molecular formula is C14H23N. The molecule has 0 rings (SSSR count). The maximum absolute atomic E-state index is 8.39. The van der Waals surface area contributed by atoms with Crippen LogP contribution in [0.4, 0.5) is 0 Å². The highest BCUT2D eigenvalue weighted by molar-refractivity contribution is 4.92. The molecule has 1 atom stereocenters. The summed E-state index contributed by atoms with van der Waals surface area (Å²) < 4.78 is 0. The van der Waals surface area contributed by atoms with E-state index in [-0.39, 0.29) is 0 Å². The lowest BCUT2D eigenvalue weighted by Crippen LogP contribution is -1.94. The largest absolute Gasteiger partial charge is 0.198 e. The van der Waals surface area contributed by atoms with Crippen LogP contribution in [0.15, 0.2) is 24.8 Å². The smallest absolute Gasteiger partial charge is 0.0621 e. The van der Waals surface area contributed by atoms with Crippen LogP contribution in [0.25, 0.3) is 0 Å². The Hall–Kier alpha value is -1.03. The molecule has 0 aliphatic carbocycles. The fourth-order valence-corrected chi connectivity index (χ4v) is 1.56. The lowest BCUT2D eigenvalue weighted by atomic mass is 9.97. The molecule has 0 heterocycles. The number of unbranched alkanes of at least 4 members (excludes halogenated alkanes) is 3. The number of nitrogens with zero attached hydrogens (tertiary/aromatic N) is 1. The van der Waals surface area contributed by atoms with Crippen molar-refractivity contribution < 1.29 is 0 Å². The van der Waals surface area contributed by atoms with Gasteiger partial charge in [0.15, 0.2) is 0 Å². The molecule has 0 aromatic carbocycles. The second-order valence-electron chi connectivity index (χ2n) is 3.91.